The first kappa shape index (κ1) is 17.3. The Labute approximate surface area is 156 Å². The molecule has 1 N–H and O–H groups in total. The van der Waals surface area contributed by atoms with Gasteiger partial charge in [0, 0.05) is 11.7 Å². The third-order valence-corrected chi connectivity index (χ3v) is 5.37. The molecule has 0 radical (unpaired) electrons. The molecule has 1 saturated heterocycles. The summed E-state index contributed by atoms with van der Waals surface area (Å²) in [5.74, 6) is -0.428. The number of furan rings is 1. The zero-order valence-electron chi connectivity index (χ0n) is 15.3. The van der Waals surface area contributed by atoms with Gasteiger partial charge in [-0.25, -0.2) is 4.79 Å². The summed E-state index contributed by atoms with van der Waals surface area (Å²) in [6, 6.07) is 10.4. The van der Waals surface area contributed by atoms with E-state index in [1.54, 1.807) is 24.0 Å². The van der Waals surface area contributed by atoms with Gasteiger partial charge in [-0.2, -0.15) is 0 Å². The van der Waals surface area contributed by atoms with Crippen molar-refractivity contribution < 1.29 is 18.8 Å². The predicted molar refractivity (Wildman–Crippen MR) is 98.0 cm³/mol. The highest BCUT2D eigenvalue weighted by Crippen LogP contribution is 2.32. The average Bonchev–Trinajstić information content (AvgIpc) is 3.26. The molecule has 4 rings (SSSR count). The largest absolute Gasteiger partial charge is 0.466 e. The molecule has 0 aliphatic carbocycles. The number of carbonyl (C=O) groups excluding carboxylic acids is 3. The Kier molecular flexibility index (Phi) is 4.02. The summed E-state index contributed by atoms with van der Waals surface area (Å²) in [6.07, 6.45) is 3.19. The van der Waals surface area contributed by atoms with Gasteiger partial charge in [0.1, 0.15) is 12.3 Å². The number of fused-ring (bicyclic) bond motifs is 1. The van der Waals surface area contributed by atoms with E-state index in [0.29, 0.717) is 5.76 Å². The molecule has 1 aromatic heterocycles. The maximum absolute atomic E-state index is 13.0. The smallest absolute Gasteiger partial charge is 0.325 e. The summed E-state index contributed by atoms with van der Waals surface area (Å²) >= 11 is 0. The number of aryl methyl sites for hydroxylation is 1. The van der Waals surface area contributed by atoms with Crippen molar-refractivity contribution in [2.75, 3.05) is 11.4 Å². The van der Waals surface area contributed by atoms with Gasteiger partial charge in [-0.3, -0.25) is 14.5 Å². The van der Waals surface area contributed by atoms with Crippen LogP contribution in [0.4, 0.5) is 10.5 Å². The molecule has 2 aliphatic heterocycles. The van der Waals surface area contributed by atoms with Crippen molar-refractivity contribution in [1.29, 1.82) is 0 Å². The van der Waals surface area contributed by atoms with Crippen molar-refractivity contribution >= 4 is 23.5 Å². The molecule has 4 amide bonds. The van der Waals surface area contributed by atoms with Gasteiger partial charge < -0.3 is 14.6 Å². The minimum Gasteiger partial charge on any atom is -0.466 e. The van der Waals surface area contributed by atoms with Crippen molar-refractivity contribution in [3.05, 3.63) is 54.0 Å². The van der Waals surface area contributed by atoms with E-state index in [9.17, 15) is 14.4 Å². The molecule has 0 bridgehead atoms. The molecule has 1 aromatic carbocycles. The van der Waals surface area contributed by atoms with E-state index in [-0.39, 0.29) is 18.5 Å². The number of urea groups is 1. The van der Waals surface area contributed by atoms with E-state index >= 15 is 0 Å². The highest BCUT2D eigenvalue weighted by Gasteiger charge is 2.51. The van der Waals surface area contributed by atoms with Crippen LogP contribution in [0.1, 0.15) is 31.6 Å². The fourth-order valence-electron chi connectivity index (χ4n) is 3.85. The van der Waals surface area contributed by atoms with Crippen molar-refractivity contribution in [1.82, 2.24) is 10.2 Å². The summed E-state index contributed by atoms with van der Waals surface area (Å²) in [5.41, 5.74) is 0.649. The zero-order valence-corrected chi connectivity index (χ0v) is 15.3. The SMILES string of the molecule is C[C@H]1CCc2ccccc2N1C(=O)CN1C(=O)N[C@@](C)(c2ccco2)C1=O. The molecule has 3 heterocycles. The van der Waals surface area contributed by atoms with E-state index < -0.39 is 17.5 Å². The summed E-state index contributed by atoms with van der Waals surface area (Å²) in [6.45, 7) is 3.25. The van der Waals surface area contributed by atoms with E-state index in [0.717, 1.165) is 29.0 Å². The van der Waals surface area contributed by atoms with Crippen LogP contribution in [-0.4, -0.2) is 35.3 Å². The number of amides is 4. The molecule has 7 nitrogen and oxygen atoms in total. The summed E-state index contributed by atoms with van der Waals surface area (Å²) in [4.78, 5) is 41.0. The average molecular weight is 367 g/mol. The number of benzene rings is 1. The standard InChI is InChI=1S/C20H21N3O4/c1-13-9-10-14-6-3-4-7-15(14)23(13)17(24)12-22-18(25)20(2,21-19(22)26)16-8-5-11-27-16/h3-8,11,13H,9-10,12H2,1-2H3,(H,21,26)/t13-,20-/m0/s1. The molecule has 2 aromatic rings. The molecule has 2 atom stereocenters. The van der Waals surface area contributed by atoms with Crippen LogP contribution >= 0.6 is 0 Å². The maximum Gasteiger partial charge on any atom is 0.325 e. The van der Waals surface area contributed by atoms with Gasteiger partial charge in [-0.15, -0.1) is 0 Å². The number of anilines is 1. The lowest BCUT2D eigenvalue weighted by Gasteiger charge is -2.36. The van der Waals surface area contributed by atoms with Crippen LogP contribution in [0.3, 0.4) is 0 Å². The number of imide groups is 1. The fourth-order valence-corrected chi connectivity index (χ4v) is 3.85. The van der Waals surface area contributed by atoms with Crippen LogP contribution in [0.15, 0.2) is 47.1 Å². The Morgan fingerprint density at radius 3 is 2.78 bits per heavy atom. The number of para-hydroxylation sites is 1. The summed E-state index contributed by atoms with van der Waals surface area (Å²) in [7, 11) is 0. The number of nitrogens with zero attached hydrogens (tertiary/aromatic N) is 2. The first-order valence-corrected chi connectivity index (χ1v) is 9.00. The highest BCUT2D eigenvalue weighted by molar-refractivity contribution is 6.10. The maximum atomic E-state index is 13.0. The Morgan fingerprint density at radius 2 is 2.04 bits per heavy atom. The molecular weight excluding hydrogens is 346 g/mol. The minimum atomic E-state index is -1.30. The van der Waals surface area contributed by atoms with Crippen LogP contribution in [0.5, 0.6) is 0 Å². The van der Waals surface area contributed by atoms with E-state index in [4.69, 9.17) is 4.42 Å². The number of hydrogen-bond donors (Lipinski definition) is 1. The number of rotatable bonds is 3. The van der Waals surface area contributed by atoms with Gasteiger partial charge in [0.25, 0.3) is 5.91 Å². The Balaban J connectivity index is 1.59. The van der Waals surface area contributed by atoms with E-state index in [1.165, 1.54) is 6.26 Å². The molecular formula is C20H21N3O4. The lowest BCUT2D eigenvalue weighted by atomic mass is 9.96. The molecule has 2 aliphatic rings. The minimum absolute atomic E-state index is 0.00428. The molecule has 27 heavy (non-hydrogen) atoms. The highest BCUT2D eigenvalue weighted by atomic mass is 16.3. The molecule has 1 fully saturated rings. The molecule has 140 valence electrons. The van der Waals surface area contributed by atoms with Crippen LogP contribution < -0.4 is 10.2 Å². The summed E-state index contributed by atoms with van der Waals surface area (Å²) < 4.78 is 5.31. The van der Waals surface area contributed by atoms with Gasteiger partial charge >= 0.3 is 6.03 Å². The number of carbonyl (C=O) groups is 3. The summed E-state index contributed by atoms with van der Waals surface area (Å²) in [5, 5.41) is 2.64. The number of hydrogen-bond acceptors (Lipinski definition) is 4. The van der Waals surface area contributed by atoms with Gasteiger partial charge in [0.15, 0.2) is 5.54 Å². The van der Waals surface area contributed by atoms with Gasteiger partial charge in [-0.05, 0) is 50.5 Å². The third kappa shape index (κ3) is 2.70. The van der Waals surface area contributed by atoms with Gasteiger partial charge in [0.05, 0.1) is 6.26 Å². The Morgan fingerprint density at radius 1 is 1.26 bits per heavy atom. The van der Waals surface area contributed by atoms with Crippen molar-refractivity contribution in [2.45, 2.75) is 38.3 Å². The Bertz CT molecular complexity index is 908. The quantitative estimate of drug-likeness (QED) is 0.845. The van der Waals surface area contributed by atoms with Gasteiger partial charge in [0.2, 0.25) is 5.91 Å². The van der Waals surface area contributed by atoms with Gasteiger partial charge in [-0.1, -0.05) is 18.2 Å². The monoisotopic (exact) mass is 367 g/mol. The Hall–Kier alpha value is -3.09. The molecule has 0 spiro atoms. The molecule has 7 heteroatoms. The second-order valence-electron chi connectivity index (χ2n) is 7.20. The first-order chi connectivity index (χ1) is 12.9. The van der Waals surface area contributed by atoms with E-state index in [1.807, 2.05) is 31.2 Å². The molecule has 0 unspecified atom stereocenters. The topological polar surface area (TPSA) is 82.9 Å². The van der Waals surface area contributed by atoms with Crippen LogP contribution in [0, 0.1) is 0 Å². The van der Waals surface area contributed by atoms with Crippen molar-refractivity contribution in [2.24, 2.45) is 0 Å². The zero-order chi connectivity index (χ0) is 19.2. The van der Waals surface area contributed by atoms with Crippen LogP contribution in [0.25, 0.3) is 0 Å². The lowest BCUT2D eigenvalue weighted by molar-refractivity contribution is -0.134. The predicted octanol–water partition coefficient (Wildman–Crippen LogP) is 2.41. The van der Waals surface area contributed by atoms with Crippen LogP contribution in [-0.2, 0) is 21.5 Å². The van der Waals surface area contributed by atoms with Crippen molar-refractivity contribution in [3.63, 3.8) is 0 Å². The third-order valence-electron chi connectivity index (χ3n) is 5.37. The second-order valence-corrected chi connectivity index (χ2v) is 7.20. The molecule has 0 saturated carbocycles. The van der Waals surface area contributed by atoms with Crippen LogP contribution in [0.2, 0.25) is 0 Å². The number of nitrogens with one attached hydrogen (secondary N) is 1. The van der Waals surface area contributed by atoms with Crippen molar-refractivity contribution in [3.8, 4) is 0 Å². The lowest BCUT2D eigenvalue weighted by Crippen LogP contribution is -2.49. The van der Waals surface area contributed by atoms with E-state index in [2.05, 4.69) is 5.32 Å². The first-order valence-electron chi connectivity index (χ1n) is 9.00. The fraction of sp³-hybridized carbons (Fsp3) is 0.350. The normalized spacial score (nSPS) is 24.7. The second kappa shape index (κ2) is 6.26.